The molecule has 2 heterocycles. The molecule has 8 unspecified atom stereocenters. The van der Waals surface area contributed by atoms with E-state index in [0.29, 0.717) is 42.1 Å². The largest absolute Gasteiger partial charge is 0.380 e. The predicted octanol–water partition coefficient (Wildman–Crippen LogP) is 1.10. The van der Waals surface area contributed by atoms with Crippen LogP contribution < -0.4 is 4.90 Å². The zero-order valence-electron chi connectivity index (χ0n) is 14.2. The summed E-state index contributed by atoms with van der Waals surface area (Å²) in [6.07, 6.45) is 6.21. The molecule has 0 aromatic heterocycles. The lowest BCUT2D eigenvalue weighted by Crippen LogP contribution is -3.21. The van der Waals surface area contributed by atoms with Crippen molar-refractivity contribution in [1.29, 1.82) is 0 Å². The Balaban J connectivity index is 1.87. The summed E-state index contributed by atoms with van der Waals surface area (Å²) in [5.74, 6) is 1.74. The molecule has 0 bridgehead atoms. The van der Waals surface area contributed by atoms with E-state index in [2.05, 4.69) is 20.9 Å². The number of piperidine rings is 1. The molecule has 122 valence electrons. The van der Waals surface area contributed by atoms with Gasteiger partial charge in [-0.1, -0.05) is 20.3 Å². The Hall–Kier alpha value is -0.160. The minimum absolute atomic E-state index is 0.277. The lowest BCUT2D eigenvalue weighted by Gasteiger charge is -2.50. The number of quaternary nitrogens is 1. The van der Waals surface area contributed by atoms with Gasteiger partial charge < -0.3 is 19.1 Å². The number of likely N-dealkylation sites (N-methyl/N-ethyl adjacent to an activating group) is 1. The monoisotopic (exact) mass is 298 g/mol. The first-order valence-electron chi connectivity index (χ1n) is 8.62. The van der Waals surface area contributed by atoms with E-state index >= 15 is 0 Å². The quantitative estimate of drug-likeness (QED) is 0.847. The van der Waals surface area contributed by atoms with Crippen LogP contribution in [0.2, 0.25) is 0 Å². The SMILES string of the molecule is COC1CCCC2C(OC)C3CC(C(C)C)OC3[NH+](C)C12. The highest BCUT2D eigenvalue weighted by Gasteiger charge is 2.59. The molecule has 1 aliphatic carbocycles. The van der Waals surface area contributed by atoms with Crippen LogP contribution in [0.15, 0.2) is 0 Å². The van der Waals surface area contributed by atoms with E-state index < -0.39 is 0 Å². The highest BCUT2D eigenvalue weighted by atomic mass is 16.5. The summed E-state index contributed by atoms with van der Waals surface area (Å²) in [6, 6.07) is 0.515. The fourth-order valence-electron chi connectivity index (χ4n) is 5.23. The number of methoxy groups -OCH3 is 2. The average molecular weight is 298 g/mol. The number of hydrogen-bond acceptors (Lipinski definition) is 3. The van der Waals surface area contributed by atoms with Gasteiger partial charge in [0.2, 0.25) is 0 Å². The van der Waals surface area contributed by atoms with E-state index in [4.69, 9.17) is 14.2 Å². The van der Waals surface area contributed by atoms with Gasteiger partial charge in [0.15, 0.2) is 6.23 Å². The van der Waals surface area contributed by atoms with Gasteiger partial charge in [0, 0.05) is 20.1 Å². The maximum absolute atomic E-state index is 6.44. The third-order valence-electron chi connectivity index (χ3n) is 6.24. The van der Waals surface area contributed by atoms with Crippen LogP contribution in [-0.2, 0) is 14.2 Å². The standard InChI is InChI=1S/C17H31NO3/c1-10(2)14-9-12-16(20-5)11-7-6-8-13(19-4)15(11)18(3)17(12)21-14/h10-17H,6-9H2,1-5H3/p+1. The van der Waals surface area contributed by atoms with Crippen LogP contribution in [0.1, 0.15) is 39.5 Å². The Morgan fingerprint density at radius 1 is 1.10 bits per heavy atom. The van der Waals surface area contributed by atoms with Crippen LogP contribution in [0.25, 0.3) is 0 Å². The van der Waals surface area contributed by atoms with Gasteiger partial charge in [0.05, 0.1) is 25.2 Å². The van der Waals surface area contributed by atoms with Crippen molar-refractivity contribution in [2.24, 2.45) is 17.8 Å². The fourth-order valence-corrected chi connectivity index (χ4v) is 5.23. The van der Waals surface area contributed by atoms with Gasteiger partial charge in [-0.3, -0.25) is 0 Å². The molecule has 0 spiro atoms. The molecule has 3 aliphatic rings. The van der Waals surface area contributed by atoms with Crippen molar-refractivity contribution >= 4 is 0 Å². The molecule has 21 heavy (non-hydrogen) atoms. The number of ether oxygens (including phenoxy) is 3. The summed E-state index contributed by atoms with van der Waals surface area (Å²) in [7, 11) is 6.06. The van der Waals surface area contributed by atoms with Crippen LogP contribution in [0.5, 0.6) is 0 Å². The molecular weight excluding hydrogens is 266 g/mol. The van der Waals surface area contributed by atoms with E-state index in [-0.39, 0.29) is 6.23 Å². The molecule has 2 aliphatic heterocycles. The molecule has 1 saturated carbocycles. The van der Waals surface area contributed by atoms with E-state index in [1.807, 2.05) is 14.2 Å². The average Bonchev–Trinajstić information content (AvgIpc) is 2.92. The van der Waals surface area contributed by atoms with Crippen molar-refractivity contribution in [2.45, 2.75) is 70.1 Å². The molecule has 8 atom stereocenters. The highest BCUT2D eigenvalue weighted by Crippen LogP contribution is 2.41. The molecule has 0 aromatic rings. The highest BCUT2D eigenvalue weighted by molar-refractivity contribution is 4.97. The van der Waals surface area contributed by atoms with E-state index in [9.17, 15) is 0 Å². The maximum atomic E-state index is 6.44. The Morgan fingerprint density at radius 3 is 2.48 bits per heavy atom. The molecule has 0 amide bonds. The topological polar surface area (TPSA) is 32.1 Å². The first kappa shape index (κ1) is 15.7. The van der Waals surface area contributed by atoms with Gasteiger partial charge in [-0.25, -0.2) is 0 Å². The summed E-state index contributed by atoms with van der Waals surface area (Å²) in [5, 5.41) is 0. The second-order valence-corrected chi connectivity index (χ2v) is 7.58. The van der Waals surface area contributed by atoms with E-state index in [1.165, 1.54) is 24.2 Å². The number of likely N-dealkylation sites (tertiary alicyclic amines) is 1. The molecule has 2 saturated heterocycles. The second-order valence-electron chi connectivity index (χ2n) is 7.58. The minimum Gasteiger partial charge on any atom is -0.380 e. The molecule has 0 radical (unpaired) electrons. The Kier molecular flexibility index (Phi) is 4.60. The summed E-state index contributed by atoms with van der Waals surface area (Å²) >= 11 is 0. The van der Waals surface area contributed by atoms with Crippen LogP contribution in [0.4, 0.5) is 0 Å². The number of fused-ring (bicyclic) bond motifs is 2. The lowest BCUT2D eigenvalue weighted by atomic mass is 9.70. The van der Waals surface area contributed by atoms with E-state index in [1.54, 1.807) is 0 Å². The zero-order chi connectivity index (χ0) is 15.1. The van der Waals surface area contributed by atoms with Crippen molar-refractivity contribution < 1.29 is 19.1 Å². The van der Waals surface area contributed by atoms with Crippen molar-refractivity contribution in [3.05, 3.63) is 0 Å². The normalized spacial score (nSPS) is 50.0. The van der Waals surface area contributed by atoms with Crippen molar-refractivity contribution in [3.63, 3.8) is 0 Å². The molecule has 3 rings (SSSR count). The van der Waals surface area contributed by atoms with Gasteiger partial charge in [-0.15, -0.1) is 0 Å². The molecule has 3 fully saturated rings. The van der Waals surface area contributed by atoms with Crippen LogP contribution in [0, 0.1) is 17.8 Å². The van der Waals surface area contributed by atoms with E-state index in [0.717, 1.165) is 6.42 Å². The first-order valence-corrected chi connectivity index (χ1v) is 8.62. The minimum atomic E-state index is 0.277. The molecule has 0 aromatic carbocycles. The number of hydrogen-bond donors (Lipinski definition) is 1. The van der Waals surface area contributed by atoms with Crippen molar-refractivity contribution in [3.8, 4) is 0 Å². The van der Waals surface area contributed by atoms with Gasteiger partial charge in [0.25, 0.3) is 0 Å². The summed E-state index contributed by atoms with van der Waals surface area (Å²) < 4.78 is 18.2. The lowest BCUT2D eigenvalue weighted by molar-refractivity contribution is -0.971. The van der Waals surface area contributed by atoms with Crippen LogP contribution in [0.3, 0.4) is 0 Å². The second kappa shape index (κ2) is 6.15. The smallest absolute Gasteiger partial charge is 0.197 e. The fraction of sp³-hybridized carbons (Fsp3) is 1.00. The van der Waals surface area contributed by atoms with Crippen molar-refractivity contribution in [1.82, 2.24) is 0 Å². The first-order chi connectivity index (χ1) is 10.1. The number of rotatable bonds is 3. The Bertz CT molecular complexity index is 362. The Morgan fingerprint density at radius 2 is 1.86 bits per heavy atom. The molecule has 4 nitrogen and oxygen atoms in total. The van der Waals surface area contributed by atoms with Gasteiger partial charge in [-0.05, 0) is 25.2 Å². The third kappa shape index (κ3) is 2.54. The van der Waals surface area contributed by atoms with Crippen molar-refractivity contribution in [2.75, 3.05) is 21.3 Å². The number of nitrogens with one attached hydrogen (secondary N) is 1. The third-order valence-corrected chi connectivity index (χ3v) is 6.24. The summed E-state index contributed by atoms with van der Waals surface area (Å²) in [6.45, 7) is 4.54. The zero-order valence-corrected chi connectivity index (χ0v) is 14.2. The summed E-state index contributed by atoms with van der Waals surface area (Å²) in [4.78, 5) is 1.52. The predicted molar refractivity (Wildman–Crippen MR) is 81.2 cm³/mol. The summed E-state index contributed by atoms with van der Waals surface area (Å²) in [5.41, 5.74) is 0. The van der Waals surface area contributed by atoms with Gasteiger partial charge >= 0.3 is 0 Å². The van der Waals surface area contributed by atoms with Gasteiger partial charge in [0.1, 0.15) is 12.1 Å². The maximum Gasteiger partial charge on any atom is 0.197 e. The molecule has 1 N–H and O–H groups in total. The van der Waals surface area contributed by atoms with Crippen LogP contribution in [-0.4, -0.2) is 51.8 Å². The molecule has 4 heteroatoms. The van der Waals surface area contributed by atoms with Crippen LogP contribution >= 0.6 is 0 Å². The Labute approximate surface area is 129 Å². The van der Waals surface area contributed by atoms with Gasteiger partial charge in [-0.2, -0.15) is 0 Å². The molecular formula is C17H32NO3+.